The molecule has 0 saturated carbocycles. The van der Waals surface area contributed by atoms with Gasteiger partial charge in [0.15, 0.2) is 0 Å². The molecule has 1 radical (unpaired) electrons. The zero-order valence-corrected chi connectivity index (χ0v) is 6.97. The molecule has 0 N–H and O–H groups in total. The molecular weight excluding hydrogens is 148 g/mol. The van der Waals surface area contributed by atoms with Gasteiger partial charge in [-0.15, -0.1) is 23.1 Å². The molecule has 1 aromatic heterocycles. The van der Waals surface area contributed by atoms with Crippen LogP contribution in [0.2, 0.25) is 0 Å². The molecule has 0 amide bonds. The quantitative estimate of drug-likeness (QED) is 0.606. The summed E-state index contributed by atoms with van der Waals surface area (Å²) in [4.78, 5) is 0. The van der Waals surface area contributed by atoms with Crippen LogP contribution in [-0.4, -0.2) is 0 Å². The predicted molar refractivity (Wildman–Crippen MR) is 44.8 cm³/mol. The fourth-order valence-electron chi connectivity index (χ4n) is 0.496. The van der Waals surface area contributed by atoms with Crippen molar-refractivity contribution < 1.29 is 0 Å². The van der Waals surface area contributed by atoms with Gasteiger partial charge < -0.3 is 0 Å². The zero-order chi connectivity index (χ0) is 6.53. The second-order valence-electron chi connectivity index (χ2n) is 1.62. The normalized spacial score (nSPS) is 9.89. The Morgan fingerprint density at radius 2 is 2.67 bits per heavy atom. The molecule has 49 valence electrons. The molecule has 1 rings (SSSR count). The van der Waals surface area contributed by atoms with Gasteiger partial charge in [0.05, 0.1) is 4.21 Å². The highest BCUT2D eigenvalue weighted by Crippen LogP contribution is 2.26. The van der Waals surface area contributed by atoms with E-state index in [1.165, 1.54) is 4.21 Å². The molecule has 0 bridgehead atoms. The summed E-state index contributed by atoms with van der Waals surface area (Å²) in [7, 11) is 0. The van der Waals surface area contributed by atoms with Crippen molar-refractivity contribution in [1.82, 2.24) is 0 Å². The summed E-state index contributed by atoms with van der Waals surface area (Å²) >= 11 is 3.62. The van der Waals surface area contributed by atoms with Gasteiger partial charge in [-0.2, -0.15) is 0 Å². The van der Waals surface area contributed by atoms with Gasteiger partial charge in [-0.1, -0.05) is 13.0 Å². The minimum absolute atomic E-state index is 1.14. The standard InChI is InChI=1S/C7H9S2/c1-2-5-8-7-4-3-6-9-7/h3-6H,2H2,1H3. The van der Waals surface area contributed by atoms with E-state index in [0.29, 0.717) is 0 Å². The molecule has 9 heavy (non-hydrogen) atoms. The van der Waals surface area contributed by atoms with Crippen LogP contribution in [0.15, 0.2) is 21.7 Å². The first-order valence-corrected chi connectivity index (χ1v) is 4.71. The molecular formula is C7H9S2. The summed E-state index contributed by atoms with van der Waals surface area (Å²) in [5.74, 6) is 2.21. The summed E-state index contributed by atoms with van der Waals surface area (Å²) < 4.78 is 1.39. The van der Waals surface area contributed by atoms with Gasteiger partial charge in [0.2, 0.25) is 0 Å². The number of hydrogen-bond donors (Lipinski definition) is 0. The lowest BCUT2D eigenvalue weighted by Gasteiger charge is -1.89. The highest BCUT2D eigenvalue weighted by Gasteiger charge is 1.90. The predicted octanol–water partition coefficient (Wildman–Crippen LogP) is 3.41. The lowest BCUT2D eigenvalue weighted by Crippen LogP contribution is -1.59. The van der Waals surface area contributed by atoms with E-state index in [4.69, 9.17) is 0 Å². The minimum atomic E-state index is 1.14. The molecule has 1 heterocycles. The number of thiophene rings is 1. The molecule has 1 aromatic rings. The van der Waals surface area contributed by atoms with Gasteiger partial charge in [0.1, 0.15) is 0 Å². The van der Waals surface area contributed by atoms with Crippen molar-refractivity contribution in [3.05, 3.63) is 23.3 Å². The zero-order valence-electron chi connectivity index (χ0n) is 5.33. The fourth-order valence-corrected chi connectivity index (χ4v) is 2.03. The van der Waals surface area contributed by atoms with E-state index in [0.717, 1.165) is 6.42 Å². The summed E-state index contributed by atoms with van der Waals surface area (Å²) in [6, 6.07) is 4.22. The van der Waals surface area contributed by atoms with Crippen LogP contribution in [0.25, 0.3) is 0 Å². The topological polar surface area (TPSA) is 0 Å². The number of rotatable bonds is 3. The fraction of sp³-hybridized carbons (Fsp3) is 0.286. The largest absolute Gasteiger partial charge is 0.137 e. The summed E-state index contributed by atoms with van der Waals surface area (Å²) in [6.45, 7) is 2.15. The Balaban J connectivity index is 2.30. The number of hydrogen-bond acceptors (Lipinski definition) is 2. The maximum atomic E-state index is 2.21. The summed E-state index contributed by atoms with van der Waals surface area (Å²) in [6.07, 6.45) is 1.14. The van der Waals surface area contributed by atoms with E-state index in [-0.39, 0.29) is 0 Å². The highest BCUT2D eigenvalue weighted by molar-refractivity contribution is 8.03. The van der Waals surface area contributed by atoms with Crippen molar-refractivity contribution in [2.45, 2.75) is 17.6 Å². The second-order valence-corrected chi connectivity index (χ2v) is 3.84. The van der Waals surface area contributed by atoms with Crippen molar-refractivity contribution in [3.63, 3.8) is 0 Å². The molecule has 0 aromatic carbocycles. The molecule has 0 aliphatic heterocycles. The van der Waals surface area contributed by atoms with Crippen LogP contribution >= 0.6 is 23.1 Å². The van der Waals surface area contributed by atoms with Crippen LogP contribution in [0, 0.1) is 5.75 Å². The Morgan fingerprint density at radius 3 is 3.22 bits per heavy atom. The SMILES string of the molecule is CC[CH]Sc1cccs1. The lowest BCUT2D eigenvalue weighted by atomic mass is 10.6. The molecule has 2 heteroatoms. The monoisotopic (exact) mass is 157 g/mol. The van der Waals surface area contributed by atoms with Gasteiger partial charge in [-0.25, -0.2) is 0 Å². The van der Waals surface area contributed by atoms with Crippen LogP contribution in [0.5, 0.6) is 0 Å². The van der Waals surface area contributed by atoms with Crippen molar-refractivity contribution >= 4 is 23.1 Å². The Labute approximate surface area is 64.3 Å². The Bertz CT molecular complexity index is 144. The van der Waals surface area contributed by atoms with Crippen LogP contribution in [-0.2, 0) is 0 Å². The molecule has 0 aliphatic rings. The summed E-state index contributed by atoms with van der Waals surface area (Å²) in [5.41, 5.74) is 0. The van der Waals surface area contributed by atoms with Gasteiger partial charge in [-0.05, 0) is 17.9 Å². The average Bonchev–Trinajstić information content (AvgIpc) is 2.34. The molecule has 0 nitrogen and oxygen atoms in total. The lowest BCUT2D eigenvalue weighted by molar-refractivity contribution is 1.20. The van der Waals surface area contributed by atoms with Gasteiger partial charge >= 0.3 is 0 Å². The highest BCUT2D eigenvalue weighted by atomic mass is 32.2. The molecule has 0 fully saturated rings. The van der Waals surface area contributed by atoms with E-state index >= 15 is 0 Å². The van der Waals surface area contributed by atoms with E-state index in [1.807, 2.05) is 11.8 Å². The van der Waals surface area contributed by atoms with Crippen molar-refractivity contribution in [2.24, 2.45) is 0 Å². The third-order valence-electron chi connectivity index (χ3n) is 0.861. The van der Waals surface area contributed by atoms with E-state index < -0.39 is 0 Å². The van der Waals surface area contributed by atoms with Gasteiger partial charge in [0.25, 0.3) is 0 Å². The van der Waals surface area contributed by atoms with E-state index in [9.17, 15) is 0 Å². The molecule has 0 spiro atoms. The van der Waals surface area contributed by atoms with E-state index in [1.54, 1.807) is 11.3 Å². The van der Waals surface area contributed by atoms with E-state index in [2.05, 4.69) is 30.2 Å². The third kappa shape index (κ3) is 2.41. The summed E-state index contributed by atoms with van der Waals surface area (Å²) in [5, 5.41) is 2.10. The van der Waals surface area contributed by atoms with Gasteiger partial charge in [0, 0.05) is 5.75 Å². The Hall–Kier alpha value is 0.0500. The first-order chi connectivity index (χ1) is 4.43. The molecule has 0 atom stereocenters. The average molecular weight is 157 g/mol. The Morgan fingerprint density at radius 1 is 1.78 bits per heavy atom. The van der Waals surface area contributed by atoms with Crippen LogP contribution in [0.3, 0.4) is 0 Å². The first kappa shape index (κ1) is 7.16. The maximum Gasteiger partial charge on any atom is 0.0601 e. The van der Waals surface area contributed by atoms with Crippen molar-refractivity contribution in [2.75, 3.05) is 0 Å². The molecule has 0 saturated heterocycles. The van der Waals surface area contributed by atoms with Crippen molar-refractivity contribution in [1.29, 1.82) is 0 Å². The first-order valence-electron chi connectivity index (χ1n) is 2.95. The molecule has 0 aliphatic carbocycles. The minimum Gasteiger partial charge on any atom is -0.137 e. The van der Waals surface area contributed by atoms with Gasteiger partial charge in [-0.3, -0.25) is 0 Å². The second kappa shape index (κ2) is 3.96. The smallest absolute Gasteiger partial charge is 0.0601 e. The third-order valence-corrected chi connectivity index (χ3v) is 2.97. The molecule has 0 unspecified atom stereocenters. The van der Waals surface area contributed by atoms with Crippen molar-refractivity contribution in [3.8, 4) is 0 Å². The van der Waals surface area contributed by atoms with Crippen LogP contribution in [0.1, 0.15) is 13.3 Å². The Kier molecular flexibility index (Phi) is 3.15. The maximum absolute atomic E-state index is 2.21. The van der Waals surface area contributed by atoms with Crippen LogP contribution in [0.4, 0.5) is 0 Å². The number of thioether (sulfide) groups is 1. The van der Waals surface area contributed by atoms with Crippen LogP contribution < -0.4 is 0 Å².